The van der Waals surface area contributed by atoms with E-state index in [0.717, 1.165) is 41.3 Å². The summed E-state index contributed by atoms with van der Waals surface area (Å²) in [7, 11) is 0. The molecule has 180 valence electrons. The van der Waals surface area contributed by atoms with Gasteiger partial charge in [0.1, 0.15) is 13.1 Å². The van der Waals surface area contributed by atoms with E-state index in [-0.39, 0.29) is 6.04 Å². The van der Waals surface area contributed by atoms with Crippen molar-refractivity contribution in [3.63, 3.8) is 0 Å². The number of aromatic nitrogens is 4. The predicted octanol–water partition coefficient (Wildman–Crippen LogP) is 5.31. The zero-order chi connectivity index (χ0) is 24.9. The number of rotatable bonds is 8. The van der Waals surface area contributed by atoms with Gasteiger partial charge < -0.3 is 4.90 Å². The minimum Gasteiger partial charge on any atom is -0.315 e. The van der Waals surface area contributed by atoms with E-state index in [1.165, 1.54) is 16.0 Å². The average molecular weight is 495 g/mol. The third-order valence-corrected chi connectivity index (χ3v) is 6.92. The Morgan fingerprint density at radius 3 is 1.86 bits per heavy atom. The van der Waals surface area contributed by atoms with Crippen molar-refractivity contribution in [2.45, 2.75) is 33.0 Å². The molecule has 5 aromatic rings. The maximum atomic E-state index is 6.86. The van der Waals surface area contributed by atoms with E-state index in [2.05, 4.69) is 102 Å². The third kappa shape index (κ3) is 5.08. The first-order valence-corrected chi connectivity index (χ1v) is 12.5. The predicted molar refractivity (Wildman–Crippen MR) is 143 cm³/mol. The third-order valence-electron chi connectivity index (χ3n) is 6.58. The van der Waals surface area contributed by atoms with Crippen LogP contribution in [0.4, 0.5) is 0 Å². The number of halogens is 1. The van der Waals surface area contributed by atoms with Crippen molar-refractivity contribution in [2.24, 2.45) is 0 Å². The summed E-state index contributed by atoms with van der Waals surface area (Å²) in [4.78, 5) is 1.28. The van der Waals surface area contributed by atoms with E-state index >= 15 is 0 Å². The number of nitrogens with one attached hydrogen (secondary N) is 1. The first-order chi connectivity index (χ1) is 17.6. The van der Waals surface area contributed by atoms with E-state index < -0.39 is 0 Å². The lowest BCUT2D eigenvalue weighted by molar-refractivity contribution is -0.953. The molecule has 0 aliphatic rings. The van der Waals surface area contributed by atoms with Crippen LogP contribution in [0, 0.1) is 13.8 Å². The van der Waals surface area contributed by atoms with Crippen molar-refractivity contribution in [3.8, 4) is 5.69 Å². The second-order valence-electron chi connectivity index (χ2n) is 9.13. The minimum absolute atomic E-state index is 0.201. The smallest absolute Gasteiger partial charge is 0.219 e. The van der Waals surface area contributed by atoms with Crippen molar-refractivity contribution in [2.75, 3.05) is 0 Å². The fraction of sp³-hybridized carbons (Fsp3) is 0.167. The van der Waals surface area contributed by atoms with Gasteiger partial charge in [-0.1, -0.05) is 109 Å². The Bertz CT molecular complexity index is 1370. The van der Waals surface area contributed by atoms with Crippen LogP contribution in [0.3, 0.4) is 0 Å². The molecule has 0 bridgehead atoms. The quantitative estimate of drug-likeness (QED) is 0.318. The topological polar surface area (TPSA) is 48.0 Å². The van der Waals surface area contributed by atoms with Gasteiger partial charge in [0, 0.05) is 16.7 Å². The highest BCUT2D eigenvalue weighted by Gasteiger charge is 2.34. The summed E-state index contributed by atoms with van der Waals surface area (Å²) < 4.78 is 1.90. The number of nitrogens with zero attached hydrogens (tertiary/aromatic N) is 4. The zero-order valence-electron chi connectivity index (χ0n) is 20.5. The van der Waals surface area contributed by atoms with Crippen LogP contribution in [0.2, 0.25) is 5.02 Å². The maximum Gasteiger partial charge on any atom is 0.219 e. The van der Waals surface area contributed by atoms with Crippen molar-refractivity contribution in [3.05, 3.63) is 142 Å². The van der Waals surface area contributed by atoms with E-state index in [4.69, 9.17) is 11.6 Å². The van der Waals surface area contributed by atoms with Gasteiger partial charge in [0.05, 0.1) is 10.7 Å². The van der Waals surface area contributed by atoms with Gasteiger partial charge in [0.2, 0.25) is 5.82 Å². The highest BCUT2D eigenvalue weighted by Crippen LogP contribution is 2.28. The molecule has 1 atom stereocenters. The molecule has 1 aromatic heterocycles. The molecule has 36 heavy (non-hydrogen) atoms. The molecule has 0 saturated carbocycles. The van der Waals surface area contributed by atoms with Crippen LogP contribution < -0.4 is 4.90 Å². The van der Waals surface area contributed by atoms with Crippen LogP contribution in [0.25, 0.3) is 5.69 Å². The van der Waals surface area contributed by atoms with Crippen LogP contribution in [0.5, 0.6) is 0 Å². The summed E-state index contributed by atoms with van der Waals surface area (Å²) in [6.07, 6.45) is 0. The summed E-state index contributed by atoms with van der Waals surface area (Å²) in [5.41, 5.74) is 6.73. The number of quaternary nitrogens is 1. The number of hydrogen-bond donors (Lipinski definition) is 1. The van der Waals surface area contributed by atoms with Crippen molar-refractivity contribution in [1.82, 2.24) is 20.2 Å². The minimum atomic E-state index is -0.201. The molecule has 0 amide bonds. The largest absolute Gasteiger partial charge is 0.315 e. The van der Waals surface area contributed by atoms with Crippen LogP contribution in [0.15, 0.2) is 103 Å². The van der Waals surface area contributed by atoms with Gasteiger partial charge in [-0.15, -0.1) is 5.10 Å². The highest BCUT2D eigenvalue weighted by atomic mass is 35.5. The lowest BCUT2D eigenvalue weighted by Gasteiger charge is -2.29. The van der Waals surface area contributed by atoms with Crippen molar-refractivity contribution < 1.29 is 4.90 Å². The molecule has 5 nitrogen and oxygen atoms in total. The number of aryl methyl sites for hydroxylation is 2. The lowest BCUT2D eigenvalue weighted by Crippen LogP contribution is -3.10. The Hall–Kier alpha value is -3.80. The van der Waals surface area contributed by atoms with Crippen LogP contribution in [-0.4, -0.2) is 20.2 Å². The standard InChI is InChI=1S/C30H28ClN5/c1-22-12-11-13-23(2)28(22)36-30(32-33-34-36)29(26-18-9-10-19-27(26)31)35(20-24-14-5-3-6-15-24)21-25-16-7-4-8-17-25/h3-19,29H,20-21H2,1-2H3/p+1/t29-/m0/s1. The van der Waals surface area contributed by atoms with Crippen molar-refractivity contribution >= 4 is 11.6 Å². The highest BCUT2D eigenvalue weighted by molar-refractivity contribution is 6.31. The normalized spacial score (nSPS) is 12.1. The maximum absolute atomic E-state index is 6.86. The van der Waals surface area contributed by atoms with Gasteiger partial charge in [0.25, 0.3) is 0 Å². The molecule has 1 heterocycles. The molecule has 0 saturated heterocycles. The van der Waals surface area contributed by atoms with E-state index in [1.807, 2.05) is 35.0 Å². The van der Waals surface area contributed by atoms with Crippen LogP contribution >= 0.6 is 11.6 Å². The fourth-order valence-electron chi connectivity index (χ4n) is 4.91. The van der Waals surface area contributed by atoms with E-state index in [9.17, 15) is 0 Å². The molecule has 5 rings (SSSR count). The molecule has 0 aliphatic carbocycles. The molecule has 0 unspecified atom stereocenters. The lowest BCUT2D eigenvalue weighted by atomic mass is 10.0. The Morgan fingerprint density at radius 1 is 0.722 bits per heavy atom. The molecule has 0 radical (unpaired) electrons. The molecule has 1 N–H and O–H groups in total. The molecular formula is C30H29ClN5+. The Morgan fingerprint density at radius 2 is 1.28 bits per heavy atom. The second-order valence-corrected chi connectivity index (χ2v) is 9.53. The number of tetrazole rings is 1. The van der Waals surface area contributed by atoms with E-state index in [1.54, 1.807) is 0 Å². The summed E-state index contributed by atoms with van der Waals surface area (Å²) in [6, 6.07) is 35.2. The van der Waals surface area contributed by atoms with Gasteiger partial charge in [0.15, 0.2) is 6.04 Å². The Labute approximate surface area is 217 Å². The van der Waals surface area contributed by atoms with Gasteiger partial charge >= 0.3 is 0 Å². The SMILES string of the molecule is Cc1cccc(C)c1-n1nnnc1[C@H](c1ccccc1Cl)[NH+](Cc1ccccc1)Cc1ccccc1. The summed E-state index contributed by atoms with van der Waals surface area (Å²) in [6.45, 7) is 5.75. The molecule has 0 aliphatic heterocycles. The number of para-hydroxylation sites is 1. The molecule has 0 spiro atoms. The van der Waals surface area contributed by atoms with Gasteiger partial charge in [-0.3, -0.25) is 0 Å². The molecule has 4 aromatic carbocycles. The first kappa shape index (κ1) is 23.9. The zero-order valence-corrected chi connectivity index (χ0v) is 21.2. The molecular weight excluding hydrogens is 466 g/mol. The summed E-state index contributed by atoms with van der Waals surface area (Å²) in [5, 5.41) is 14.0. The Balaban J connectivity index is 1.69. The fourth-order valence-corrected chi connectivity index (χ4v) is 5.15. The van der Waals surface area contributed by atoms with Gasteiger partial charge in [-0.25, -0.2) is 0 Å². The summed E-state index contributed by atoms with van der Waals surface area (Å²) in [5.74, 6) is 0.766. The Kier molecular flexibility index (Phi) is 7.21. The van der Waals surface area contributed by atoms with Crippen LogP contribution in [0.1, 0.15) is 39.7 Å². The van der Waals surface area contributed by atoms with Gasteiger partial charge in [-0.2, -0.15) is 4.68 Å². The first-order valence-electron chi connectivity index (χ1n) is 12.1. The average Bonchev–Trinajstić information content (AvgIpc) is 3.35. The van der Waals surface area contributed by atoms with Crippen molar-refractivity contribution in [1.29, 1.82) is 0 Å². The van der Waals surface area contributed by atoms with Gasteiger partial charge in [-0.05, 0) is 41.5 Å². The second kappa shape index (κ2) is 10.9. The van der Waals surface area contributed by atoms with E-state index in [0.29, 0.717) is 5.02 Å². The monoisotopic (exact) mass is 494 g/mol. The molecule has 6 heteroatoms. The number of hydrogen-bond acceptors (Lipinski definition) is 3. The summed E-state index contributed by atoms with van der Waals surface area (Å²) >= 11 is 6.86. The number of benzene rings is 4. The molecule has 0 fully saturated rings. The van der Waals surface area contributed by atoms with Crippen LogP contribution in [-0.2, 0) is 13.1 Å².